The summed E-state index contributed by atoms with van der Waals surface area (Å²) in [7, 11) is 0. The second-order valence-corrected chi connectivity index (χ2v) is 7.02. The summed E-state index contributed by atoms with van der Waals surface area (Å²) in [5.41, 5.74) is 2.55. The number of hydrogen-bond donors (Lipinski definition) is 2. The number of nitrogens with zero attached hydrogens (tertiary/aromatic N) is 1. The van der Waals surface area contributed by atoms with E-state index in [1.165, 1.54) is 13.0 Å². The highest BCUT2D eigenvalue weighted by molar-refractivity contribution is 6.07. The van der Waals surface area contributed by atoms with Crippen molar-refractivity contribution in [2.24, 2.45) is 0 Å². The number of benzene rings is 2. The van der Waals surface area contributed by atoms with Crippen LogP contribution in [0.2, 0.25) is 0 Å². The molecule has 2 aromatic rings. The van der Waals surface area contributed by atoms with Gasteiger partial charge in [-0.3, -0.25) is 14.4 Å². The summed E-state index contributed by atoms with van der Waals surface area (Å²) >= 11 is 0. The van der Waals surface area contributed by atoms with Gasteiger partial charge in [0.05, 0.1) is 11.3 Å². The average molecular weight is 391 g/mol. The van der Waals surface area contributed by atoms with Crippen molar-refractivity contribution < 1.29 is 14.4 Å². The summed E-state index contributed by atoms with van der Waals surface area (Å²) in [6.45, 7) is 2.97. The largest absolute Gasteiger partial charge is 0.339 e. The van der Waals surface area contributed by atoms with Crippen LogP contribution in [0.1, 0.15) is 42.1 Å². The summed E-state index contributed by atoms with van der Waals surface area (Å²) in [6.07, 6.45) is 6.30. The fraction of sp³-hybridized carbons (Fsp3) is 0.261. The number of carbonyl (C=O) groups excluding carboxylic acids is 3. The Morgan fingerprint density at radius 3 is 2.28 bits per heavy atom. The fourth-order valence-corrected chi connectivity index (χ4v) is 3.27. The summed E-state index contributed by atoms with van der Waals surface area (Å²) < 4.78 is 0. The molecule has 0 bridgehead atoms. The van der Waals surface area contributed by atoms with Crippen molar-refractivity contribution in [3.8, 4) is 0 Å². The third kappa shape index (κ3) is 5.78. The zero-order valence-corrected chi connectivity index (χ0v) is 16.5. The molecule has 6 heteroatoms. The van der Waals surface area contributed by atoms with Crippen molar-refractivity contribution in [2.75, 3.05) is 23.7 Å². The first-order chi connectivity index (χ1) is 14.0. The maximum atomic E-state index is 12.8. The number of likely N-dealkylation sites (tertiary alicyclic amines) is 1. The molecule has 3 amide bonds. The van der Waals surface area contributed by atoms with Gasteiger partial charge in [0.15, 0.2) is 0 Å². The van der Waals surface area contributed by atoms with E-state index in [0.717, 1.165) is 37.9 Å². The third-order valence-corrected chi connectivity index (χ3v) is 4.72. The number of nitrogens with one attached hydrogen (secondary N) is 2. The quantitative estimate of drug-likeness (QED) is 0.758. The number of carbonyl (C=O) groups is 3. The van der Waals surface area contributed by atoms with E-state index in [2.05, 4.69) is 10.6 Å². The van der Waals surface area contributed by atoms with E-state index >= 15 is 0 Å². The van der Waals surface area contributed by atoms with Crippen LogP contribution in [0.5, 0.6) is 0 Å². The molecule has 1 saturated heterocycles. The van der Waals surface area contributed by atoms with Crippen LogP contribution < -0.4 is 10.6 Å². The van der Waals surface area contributed by atoms with E-state index in [0.29, 0.717) is 16.9 Å². The molecular formula is C23H25N3O3. The van der Waals surface area contributed by atoms with Gasteiger partial charge in [-0.1, -0.05) is 24.3 Å². The van der Waals surface area contributed by atoms with Gasteiger partial charge in [0.2, 0.25) is 11.8 Å². The molecule has 0 radical (unpaired) electrons. The molecule has 0 aromatic heterocycles. The number of anilines is 2. The predicted octanol–water partition coefficient (Wildman–Crippen LogP) is 3.92. The van der Waals surface area contributed by atoms with E-state index in [1.807, 2.05) is 17.0 Å². The highest BCUT2D eigenvalue weighted by Crippen LogP contribution is 2.20. The topological polar surface area (TPSA) is 78.5 Å². The minimum absolute atomic E-state index is 0.0434. The number of amides is 3. The van der Waals surface area contributed by atoms with Crippen LogP contribution in [0, 0.1) is 0 Å². The fourth-order valence-electron chi connectivity index (χ4n) is 3.27. The Balaban J connectivity index is 1.65. The lowest BCUT2D eigenvalue weighted by Crippen LogP contribution is -2.36. The van der Waals surface area contributed by atoms with Crippen LogP contribution in [0.15, 0.2) is 54.6 Å². The molecule has 0 spiro atoms. The molecule has 3 rings (SSSR count). The lowest BCUT2D eigenvalue weighted by molar-refractivity contribution is -0.114. The smallest absolute Gasteiger partial charge is 0.255 e. The molecular weight excluding hydrogens is 366 g/mol. The Labute approximate surface area is 170 Å². The lowest BCUT2D eigenvalue weighted by Gasteiger charge is -2.27. The highest BCUT2D eigenvalue weighted by Gasteiger charge is 2.20. The van der Waals surface area contributed by atoms with Crippen LogP contribution in [0.4, 0.5) is 11.4 Å². The zero-order chi connectivity index (χ0) is 20.6. The summed E-state index contributed by atoms with van der Waals surface area (Å²) in [4.78, 5) is 38.1. The van der Waals surface area contributed by atoms with Gasteiger partial charge in [0, 0.05) is 31.8 Å². The highest BCUT2D eigenvalue weighted by atomic mass is 16.2. The van der Waals surface area contributed by atoms with E-state index in [-0.39, 0.29) is 17.7 Å². The van der Waals surface area contributed by atoms with Gasteiger partial charge < -0.3 is 15.5 Å². The minimum atomic E-state index is -0.310. The van der Waals surface area contributed by atoms with E-state index in [4.69, 9.17) is 0 Å². The first-order valence-electron chi connectivity index (χ1n) is 9.78. The third-order valence-electron chi connectivity index (χ3n) is 4.72. The number of para-hydroxylation sites is 1. The number of hydrogen-bond acceptors (Lipinski definition) is 3. The molecule has 2 N–H and O–H groups in total. The molecule has 6 nitrogen and oxygen atoms in total. The Morgan fingerprint density at radius 1 is 0.897 bits per heavy atom. The van der Waals surface area contributed by atoms with Crippen LogP contribution >= 0.6 is 0 Å². The predicted molar refractivity (Wildman–Crippen MR) is 115 cm³/mol. The van der Waals surface area contributed by atoms with Crippen molar-refractivity contribution in [1.29, 1.82) is 0 Å². The van der Waals surface area contributed by atoms with Crippen molar-refractivity contribution in [3.05, 3.63) is 65.7 Å². The van der Waals surface area contributed by atoms with Gasteiger partial charge in [-0.2, -0.15) is 0 Å². The maximum Gasteiger partial charge on any atom is 0.255 e. The number of piperidine rings is 1. The van der Waals surface area contributed by atoms with Crippen molar-refractivity contribution in [1.82, 2.24) is 4.90 Å². The zero-order valence-electron chi connectivity index (χ0n) is 16.5. The molecule has 0 atom stereocenters. The summed E-state index contributed by atoms with van der Waals surface area (Å²) in [5, 5.41) is 5.50. The standard InChI is InChI=1S/C23H25N3O3/c1-17(27)24-19-12-9-18(10-13-19)11-14-22(28)25-21-8-4-3-7-20(21)23(29)26-15-5-2-6-16-26/h3-4,7-14H,2,5-6,15-16H2,1H3,(H,24,27)(H,25,28)/b14-11+. The molecule has 150 valence electrons. The monoisotopic (exact) mass is 391 g/mol. The van der Waals surface area contributed by atoms with Gasteiger partial charge in [0.1, 0.15) is 0 Å². The molecule has 1 aliphatic heterocycles. The Hall–Kier alpha value is -3.41. The second-order valence-electron chi connectivity index (χ2n) is 7.02. The average Bonchev–Trinajstić information content (AvgIpc) is 2.73. The second kappa shape index (κ2) is 9.68. The Bertz CT molecular complexity index is 913. The van der Waals surface area contributed by atoms with E-state index in [9.17, 15) is 14.4 Å². The molecule has 1 heterocycles. The van der Waals surface area contributed by atoms with Gasteiger partial charge in [-0.15, -0.1) is 0 Å². The van der Waals surface area contributed by atoms with Crippen molar-refractivity contribution >= 4 is 35.2 Å². The first kappa shape index (κ1) is 20.3. The molecule has 1 fully saturated rings. The van der Waals surface area contributed by atoms with Gasteiger partial charge >= 0.3 is 0 Å². The van der Waals surface area contributed by atoms with Gasteiger partial charge in [-0.25, -0.2) is 0 Å². The first-order valence-corrected chi connectivity index (χ1v) is 9.78. The summed E-state index contributed by atoms with van der Waals surface area (Å²) in [5.74, 6) is -0.488. The van der Waals surface area contributed by atoms with E-state index < -0.39 is 0 Å². The molecule has 0 unspecified atom stereocenters. The summed E-state index contributed by atoms with van der Waals surface area (Å²) in [6, 6.07) is 14.2. The van der Waals surface area contributed by atoms with Crippen LogP contribution in [0.3, 0.4) is 0 Å². The number of rotatable bonds is 5. The molecule has 0 saturated carbocycles. The Kier molecular flexibility index (Phi) is 6.79. The maximum absolute atomic E-state index is 12.8. The van der Waals surface area contributed by atoms with E-state index in [1.54, 1.807) is 42.5 Å². The Morgan fingerprint density at radius 2 is 1.59 bits per heavy atom. The van der Waals surface area contributed by atoms with Crippen molar-refractivity contribution in [2.45, 2.75) is 26.2 Å². The van der Waals surface area contributed by atoms with Crippen molar-refractivity contribution in [3.63, 3.8) is 0 Å². The van der Waals surface area contributed by atoms with Crippen LogP contribution in [-0.2, 0) is 9.59 Å². The molecule has 0 aliphatic carbocycles. The van der Waals surface area contributed by atoms with Crippen LogP contribution in [-0.4, -0.2) is 35.7 Å². The molecule has 1 aliphatic rings. The minimum Gasteiger partial charge on any atom is -0.339 e. The lowest BCUT2D eigenvalue weighted by atomic mass is 10.1. The normalized spacial score (nSPS) is 13.9. The molecule has 29 heavy (non-hydrogen) atoms. The van der Waals surface area contributed by atoms with Crippen LogP contribution in [0.25, 0.3) is 6.08 Å². The van der Waals surface area contributed by atoms with Gasteiger partial charge in [0.25, 0.3) is 5.91 Å². The molecule has 2 aromatic carbocycles. The SMILES string of the molecule is CC(=O)Nc1ccc(/C=C/C(=O)Nc2ccccc2C(=O)N2CCCCC2)cc1. The van der Waals surface area contributed by atoms with Gasteiger partial charge in [-0.05, 0) is 55.2 Å².